The molecule has 0 spiro atoms. The summed E-state index contributed by atoms with van der Waals surface area (Å²) >= 11 is 0. The lowest BCUT2D eigenvalue weighted by atomic mass is 10.1. The molecule has 0 radical (unpaired) electrons. The predicted molar refractivity (Wildman–Crippen MR) is 58.2 cm³/mol. The largest absolute Gasteiger partial charge is 0.479 e. The first kappa shape index (κ1) is 12.8. The van der Waals surface area contributed by atoms with Crippen LogP contribution in [0.25, 0.3) is 0 Å². The highest BCUT2D eigenvalue weighted by Gasteiger charge is 2.56. The molecular formula is C11H19NO4. The van der Waals surface area contributed by atoms with Crippen molar-refractivity contribution < 1.29 is 19.4 Å². The van der Waals surface area contributed by atoms with Gasteiger partial charge in [-0.05, 0) is 33.1 Å². The van der Waals surface area contributed by atoms with Gasteiger partial charge in [0.05, 0.1) is 0 Å². The highest BCUT2D eigenvalue weighted by molar-refractivity contribution is 5.87. The molecule has 1 fully saturated rings. The Balaban J connectivity index is 2.66. The van der Waals surface area contributed by atoms with Gasteiger partial charge in [-0.15, -0.1) is 0 Å². The van der Waals surface area contributed by atoms with E-state index < -0.39 is 23.2 Å². The molecule has 1 saturated carbocycles. The van der Waals surface area contributed by atoms with Crippen molar-refractivity contribution >= 4 is 12.1 Å². The van der Waals surface area contributed by atoms with E-state index in [2.05, 4.69) is 0 Å². The molecule has 0 saturated heterocycles. The van der Waals surface area contributed by atoms with Crippen molar-refractivity contribution in [1.29, 1.82) is 0 Å². The minimum atomic E-state index is -1.03. The maximum Gasteiger partial charge on any atom is 0.410 e. The quantitative estimate of drug-likeness (QED) is 0.799. The summed E-state index contributed by atoms with van der Waals surface area (Å²) in [7, 11) is 1.48. The smallest absolute Gasteiger partial charge is 0.410 e. The first-order valence-corrected chi connectivity index (χ1v) is 5.45. The van der Waals surface area contributed by atoms with Crippen molar-refractivity contribution in [1.82, 2.24) is 4.90 Å². The van der Waals surface area contributed by atoms with Crippen LogP contribution in [-0.2, 0) is 9.53 Å². The number of carboxylic acid groups (broad SMARTS) is 1. The minimum Gasteiger partial charge on any atom is -0.479 e. The van der Waals surface area contributed by atoms with Crippen LogP contribution < -0.4 is 0 Å². The third kappa shape index (κ3) is 2.28. The summed E-state index contributed by atoms with van der Waals surface area (Å²) in [6.45, 7) is 5.52. The molecule has 1 aliphatic rings. The van der Waals surface area contributed by atoms with E-state index in [1.165, 1.54) is 11.9 Å². The Hall–Kier alpha value is -1.26. The molecule has 1 amide bonds. The lowest BCUT2D eigenvalue weighted by Crippen LogP contribution is -2.47. The summed E-state index contributed by atoms with van der Waals surface area (Å²) in [5.41, 5.74) is -1.58. The van der Waals surface area contributed by atoms with Crippen LogP contribution in [-0.4, -0.2) is 40.3 Å². The average Bonchev–Trinajstić information content (AvgIpc) is 2.96. The fourth-order valence-corrected chi connectivity index (χ4v) is 1.36. The zero-order valence-electron chi connectivity index (χ0n) is 10.2. The van der Waals surface area contributed by atoms with E-state index in [1.54, 1.807) is 13.8 Å². The van der Waals surface area contributed by atoms with Crippen LogP contribution in [0.2, 0.25) is 0 Å². The van der Waals surface area contributed by atoms with E-state index in [9.17, 15) is 9.59 Å². The molecule has 0 aromatic heterocycles. The molecule has 0 aromatic rings. The summed E-state index contributed by atoms with van der Waals surface area (Å²) in [4.78, 5) is 24.0. The summed E-state index contributed by atoms with van der Waals surface area (Å²) < 4.78 is 5.25. The third-order valence-electron chi connectivity index (χ3n) is 3.25. The monoisotopic (exact) mass is 229 g/mol. The maximum absolute atomic E-state index is 11.7. The van der Waals surface area contributed by atoms with Crippen molar-refractivity contribution in [3.8, 4) is 0 Å². The van der Waals surface area contributed by atoms with Gasteiger partial charge in [0.2, 0.25) is 0 Å². The molecule has 0 aliphatic heterocycles. The summed E-state index contributed by atoms with van der Waals surface area (Å²) in [6.07, 6.45) is 1.12. The fraction of sp³-hybridized carbons (Fsp3) is 0.818. The molecule has 5 nitrogen and oxygen atoms in total. The van der Waals surface area contributed by atoms with Gasteiger partial charge in [0.15, 0.2) is 0 Å². The lowest BCUT2D eigenvalue weighted by molar-refractivity contribution is -0.144. The van der Waals surface area contributed by atoms with Crippen LogP contribution in [0.4, 0.5) is 4.79 Å². The van der Waals surface area contributed by atoms with Gasteiger partial charge in [0.25, 0.3) is 0 Å². The van der Waals surface area contributed by atoms with Gasteiger partial charge in [-0.3, -0.25) is 4.90 Å². The van der Waals surface area contributed by atoms with Gasteiger partial charge in [0, 0.05) is 7.05 Å². The SMILES string of the molecule is CCC(C)(C)OC(=O)N(C)C1(C(=O)O)CC1. The topological polar surface area (TPSA) is 66.8 Å². The van der Waals surface area contributed by atoms with Crippen LogP contribution >= 0.6 is 0 Å². The number of nitrogens with zero attached hydrogens (tertiary/aromatic N) is 1. The van der Waals surface area contributed by atoms with Crippen molar-refractivity contribution in [3.63, 3.8) is 0 Å². The lowest BCUT2D eigenvalue weighted by Gasteiger charge is -2.30. The van der Waals surface area contributed by atoms with Gasteiger partial charge < -0.3 is 9.84 Å². The van der Waals surface area contributed by atoms with E-state index >= 15 is 0 Å². The molecule has 0 aromatic carbocycles. The van der Waals surface area contributed by atoms with E-state index in [4.69, 9.17) is 9.84 Å². The van der Waals surface area contributed by atoms with Crippen molar-refractivity contribution in [2.24, 2.45) is 0 Å². The molecular weight excluding hydrogens is 210 g/mol. The van der Waals surface area contributed by atoms with E-state index in [-0.39, 0.29) is 0 Å². The van der Waals surface area contributed by atoms with Gasteiger partial charge in [-0.2, -0.15) is 0 Å². The Kier molecular flexibility index (Phi) is 3.17. The Labute approximate surface area is 95.4 Å². The molecule has 92 valence electrons. The molecule has 0 bridgehead atoms. The van der Waals surface area contributed by atoms with Crippen LogP contribution in [0, 0.1) is 0 Å². The molecule has 16 heavy (non-hydrogen) atoms. The number of ether oxygens (including phenoxy) is 1. The molecule has 1 aliphatic carbocycles. The molecule has 1 rings (SSSR count). The van der Waals surface area contributed by atoms with Crippen LogP contribution in [0.3, 0.4) is 0 Å². The second-order valence-corrected chi connectivity index (χ2v) is 4.88. The number of likely N-dealkylation sites (N-methyl/N-ethyl adjacent to an activating group) is 1. The van der Waals surface area contributed by atoms with E-state index in [0.29, 0.717) is 19.3 Å². The van der Waals surface area contributed by atoms with Gasteiger partial charge in [-0.25, -0.2) is 9.59 Å². The Morgan fingerprint density at radius 3 is 2.25 bits per heavy atom. The average molecular weight is 229 g/mol. The van der Waals surface area contributed by atoms with Crippen LogP contribution in [0.5, 0.6) is 0 Å². The maximum atomic E-state index is 11.7. The first-order chi connectivity index (χ1) is 7.25. The number of amides is 1. The Bertz CT molecular complexity index is 307. The van der Waals surface area contributed by atoms with Crippen molar-refractivity contribution in [2.45, 2.75) is 51.2 Å². The Morgan fingerprint density at radius 1 is 1.44 bits per heavy atom. The number of rotatable bonds is 4. The number of hydrogen-bond donors (Lipinski definition) is 1. The van der Waals surface area contributed by atoms with E-state index in [1.807, 2.05) is 6.92 Å². The highest BCUT2D eigenvalue weighted by Crippen LogP contribution is 2.41. The molecule has 5 heteroatoms. The number of carbonyl (C=O) groups excluding carboxylic acids is 1. The van der Waals surface area contributed by atoms with Crippen molar-refractivity contribution in [2.75, 3.05) is 7.05 Å². The number of hydrogen-bond acceptors (Lipinski definition) is 3. The fourth-order valence-electron chi connectivity index (χ4n) is 1.36. The third-order valence-corrected chi connectivity index (χ3v) is 3.25. The highest BCUT2D eigenvalue weighted by atomic mass is 16.6. The zero-order chi connectivity index (χ0) is 12.6. The summed E-state index contributed by atoms with van der Waals surface area (Å²) in [5, 5.41) is 9.03. The second kappa shape index (κ2) is 3.96. The number of aliphatic carboxylic acids is 1. The van der Waals surface area contributed by atoms with Crippen molar-refractivity contribution in [3.05, 3.63) is 0 Å². The standard InChI is InChI=1S/C11H19NO4/c1-5-10(2,3)16-9(15)12(4)11(6-7-11)8(13)14/h5-7H2,1-4H3,(H,13,14). The first-order valence-electron chi connectivity index (χ1n) is 5.45. The minimum absolute atomic E-state index is 0.500. The molecule has 1 N–H and O–H groups in total. The predicted octanol–water partition coefficient (Wildman–Crippen LogP) is 1.86. The zero-order valence-corrected chi connectivity index (χ0v) is 10.2. The molecule has 0 atom stereocenters. The van der Waals surface area contributed by atoms with E-state index in [0.717, 1.165) is 0 Å². The summed E-state index contributed by atoms with van der Waals surface area (Å²) in [6, 6.07) is 0. The second-order valence-electron chi connectivity index (χ2n) is 4.88. The molecule has 0 heterocycles. The number of carboxylic acids is 1. The van der Waals surface area contributed by atoms with Gasteiger partial charge >= 0.3 is 12.1 Å². The van der Waals surface area contributed by atoms with Crippen LogP contribution in [0.1, 0.15) is 40.0 Å². The number of carbonyl (C=O) groups is 2. The van der Waals surface area contributed by atoms with Gasteiger partial charge in [0.1, 0.15) is 11.1 Å². The van der Waals surface area contributed by atoms with Crippen LogP contribution in [0.15, 0.2) is 0 Å². The summed E-state index contributed by atoms with van der Waals surface area (Å²) in [5.74, 6) is -0.957. The Morgan fingerprint density at radius 2 is 1.94 bits per heavy atom. The molecule has 0 unspecified atom stereocenters. The normalized spacial score (nSPS) is 17.8. The van der Waals surface area contributed by atoms with Gasteiger partial charge in [-0.1, -0.05) is 6.92 Å².